The Morgan fingerprint density at radius 2 is 2.05 bits per heavy atom. The monoisotopic (exact) mass is 294 g/mol. The van der Waals surface area contributed by atoms with Gasteiger partial charge in [-0.1, -0.05) is 6.42 Å². The number of aliphatic hydroxyl groups is 1. The van der Waals surface area contributed by atoms with Gasteiger partial charge in [0.05, 0.1) is 6.54 Å². The Hall–Kier alpha value is -0.820. The molecular formula is C13H21F3N2O2. The fourth-order valence-electron chi connectivity index (χ4n) is 3.15. The molecule has 0 aromatic rings. The molecule has 0 radical (unpaired) electrons. The van der Waals surface area contributed by atoms with Crippen LogP contribution in [0.25, 0.3) is 0 Å². The summed E-state index contributed by atoms with van der Waals surface area (Å²) in [4.78, 5) is 13.2. The van der Waals surface area contributed by atoms with Crippen molar-refractivity contribution in [3.63, 3.8) is 0 Å². The number of hydrogen-bond acceptors (Lipinski definition) is 3. The lowest BCUT2D eigenvalue weighted by Gasteiger charge is -2.40. The first-order chi connectivity index (χ1) is 9.23. The second-order valence-corrected chi connectivity index (χ2v) is 6.01. The number of carbonyl (C=O) groups is 1. The highest BCUT2D eigenvalue weighted by Crippen LogP contribution is 2.37. The van der Waals surface area contributed by atoms with Gasteiger partial charge in [-0.05, 0) is 31.6 Å². The average molecular weight is 294 g/mol. The highest BCUT2D eigenvalue weighted by molar-refractivity contribution is 5.76. The lowest BCUT2D eigenvalue weighted by Crippen LogP contribution is -2.58. The smallest absolute Gasteiger partial charge is 0.379 e. The molecule has 1 unspecified atom stereocenters. The van der Waals surface area contributed by atoms with E-state index in [1.165, 1.54) is 0 Å². The van der Waals surface area contributed by atoms with E-state index in [1.807, 2.05) is 0 Å². The molecule has 1 amide bonds. The second kappa shape index (κ2) is 5.52. The molecule has 1 heterocycles. The maximum Gasteiger partial charge on any atom is 0.418 e. The minimum atomic E-state index is -4.70. The highest BCUT2D eigenvalue weighted by Gasteiger charge is 2.55. The molecule has 2 fully saturated rings. The molecule has 0 aromatic heterocycles. The first-order valence-corrected chi connectivity index (χ1v) is 7.05. The minimum absolute atomic E-state index is 0.0368. The SMILES string of the molecule is N[C@@H]1CCC[C@H]1CC(=O)N1CCCC(O)(C(F)(F)F)C1. The molecule has 3 N–H and O–H groups in total. The summed E-state index contributed by atoms with van der Waals surface area (Å²) in [6.45, 7) is -0.378. The third-order valence-electron chi connectivity index (χ3n) is 4.51. The van der Waals surface area contributed by atoms with Crippen LogP contribution in [-0.2, 0) is 4.79 Å². The Morgan fingerprint density at radius 3 is 2.60 bits per heavy atom. The number of nitrogens with two attached hydrogens (primary N) is 1. The summed E-state index contributed by atoms with van der Waals surface area (Å²) < 4.78 is 38.5. The summed E-state index contributed by atoms with van der Waals surface area (Å²) in [5.41, 5.74) is 3.11. The van der Waals surface area contributed by atoms with Gasteiger partial charge in [-0.25, -0.2) is 0 Å². The quantitative estimate of drug-likeness (QED) is 0.809. The van der Waals surface area contributed by atoms with Gasteiger partial charge in [-0.15, -0.1) is 0 Å². The predicted molar refractivity (Wildman–Crippen MR) is 66.8 cm³/mol. The molecular weight excluding hydrogens is 273 g/mol. The topological polar surface area (TPSA) is 66.6 Å². The lowest BCUT2D eigenvalue weighted by atomic mass is 9.91. The predicted octanol–water partition coefficient (Wildman–Crippen LogP) is 1.42. The van der Waals surface area contributed by atoms with E-state index in [9.17, 15) is 23.1 Å². The maximum absolute atomic E-state index is 12.8. The van der Waals surface area contributed by atoms with Crippen LogP contribution in [0.2, 0.25) is 0 Å². The Morgan fingerprint density at radius 1 is 1.35 bits per heavy atom. The maximum atomic E-state index is 12.8. The van der Waals surface area contributed by atoms with Gasteiger partial charge in [0.2, 0.25) is 5.91 Å². The van der Waals surface area contributed by atoms with Gasteiger partial charge in [-0.2, -0.15) is 13.2 Å². The minimum Gasteiger partial charge on any atom is -0.379 e. The summed E-state index contributed by atoms with van der Waals surface area (Å²) in [5.74, 6) is -0.266. The average Bonchev–Trinajstić information content (AvgIpc) is 2.74. The van der Waals surface area contributed by atoms with Crippen LogP contribution in [0.1, 0.15) is 38.5 Å². The Balaban J connectivity index is 1.96. The van der Waals surface area contributed by atoms with Crippen molar-refractivity contribution in [3.8, 4) is 0 Å². The van der Waals surface area contributed by atoms with Gasteiger partial charge < -0.3 is 15.7 Å². The van der Waals surface area contributed by atoms with Crippen LogP contribution >= 0.6 is 0 Å². The molecule has 1 saturated heterocycles. The van der Waals surface area contributed by atoms with Gasteiger partial charge in [0.15, 0.2) is 5.60 Å². The van der Waals surface area contributed by atoms with Crippen LogP contribution in [0.15, 0.2) is 0 Å². The van der Waals surface area contributed by atoms with E-state index >= 15 is 0 Å². The zero-order valence-corrected chi connectivity index (χ0v) is 11.3. The number of hydrogen-bond donors (Lipinski definition) is 2. The van der Waals surface area contributed by atoms with Gasteiger partial charge in [-0.3, -0.25) is 4.79 Å². The molecule has 0 bridgehead atoms. The number of rotatable bonds is 2. The largest absolute Gasteiger partial charge is 0.418 e. The molecule has 1 aliphatic heterocycles. The molecule has 20 heavy (non-hydrogen) atoms. The Kier molecular flexibility index (Phi) is 4.30. The van der Waals surface area contributed by atoms with Crippen molar-refractivity contribution >= 4 is 5.91 Å². The number of halogens is 3. The van der Waals surface area contributed by atoms with Crippen molar-refractivity contribution in [3.05, 3.63) is 0 Å². The van der Waals surface area contributed by atoms with E-state index in [0.717, 1.165) is 24.2 Å². The molecule has 1 saturated carbocycles. The first-order valence-electron chi connectivity index (χ1n) is 7.05. The normalized spacial score (nSPS) is 35.4. The fraction of sp³-hybridized carbons (Fsp3) is 0.923. The summed E-state index contributed by atoms with van der Waals surface area (Å²) >= 11 is 0. The molecule has 1 aliphatic carbocycles. The standard InChI is InChI=1S/C13H21F3N2O2/c14-13(15,16)12(20)5-2-6-18(8-12)11(19)7-9-3-1-4-10(9)17/h9-10,20H,1-8,17H2/t9-,10+,12?/m0/s1. The van der Waals surface area contributed by atoms with E-state index < -0.39 is 18.3 Å². The van der Waals surface area contributed by atoms with Crippen LogP contribution in [0.5, 0.6) is 0 Å². The molecule has 2 rings (SSSR count). The van der Waals surface area contributed by atoms with Crippen LogP contribution in [0, 0.1) is 5.92 Å². The molecule has 0 aromatic carbocycles. The van der Waals surface area contributed by atoms with Gasteiger partial charge in [0, 0.05) is 19.0 Å². The van der Waals surface area contributed by atoms with E-state index in [2.05, 4.69) is 0 Å². The zero-order valence-electron chi connectivity index (χ0n) is 11.3. The zero-order chi connectivity index (χ0) is 15.0. The third kappa shape index (κ3) is 3.09. The number of β-amino-alcohol motifs (C(OH)–C–C–N with tert-alkyl or cyclic N) is 1. The van der Waals surface area contributed by atoms with Crippen molar-refractivity contribution in [1.29, 1.82) is 0 Å². The van der Waals surface area contributed by atoms with Crippen molar-refractivity contribution in [2.24, 2.45) is 11.7 Å². The molecule has 2 aliphatic rings. The number of likely N-dealkylation sites (tertiary alicyclic amines) is 1. The first kappa shape index (κ1) is 15.6. The van der Waals surface area contributed by atoms with Crippen LogP contribution in [0.3, 0.4) is 0 Å². The van der Waals surface area contributed by atoms with Crippen molar-refractivity contribution in [2.45, 2.75) is 56.3 Å². The Bertz CT molecular complexity index is 375. The number of carbonyl (C=O) groups excluding carboxylic acids is 1. The van der Waals surface area contributed by atoms with Gasteiger partial charge in [0.1, 0.15) is 0 Å². The summed E-state index contributed by atoms with van der Waals surface area (Å²) in [7, 11) is 0. The van der Waals surface area contributed by atoms with Crippen LogP contribution in [-0.4, -0.2) is 46.8 Å². The summed E-state index contributed by atoms with van der Waals surface area (Å²) in [6, 6.07) is -0.0368. The molecule has 116 valence electrons. The van der Waals surface area contributed by atoms with Crippen molar-refractivity contribution < 1.29 is 23.1 Å². The number of alkyl halides is 3. The van der Waals surface area contributed by atoms with Crippen LogP contribution < -0.4 is 5.73 Å². The molecule has 7 heteroatoms. The van der Waals surface area contributed by atoms with Gasteiger partial charge in [0.25, 0.3) is 0 Å². The third-order valence-corrected chi connectivity index (χ3v) is 4.51. The van der Waals surface area contributed by atoms with E-state index in [1.54, 1.807) is 0 Å². The van der Waals surface area contributed by atoms with Gasteiger partial charge >= 0.3 is 6.18 Å². The second-order valence-electron chi connectivity index (χ2n) is 6.01. The lowest BCUT2D eigenvalue weighted by molar-refractivity contribution is -0.272. The van der Waals surface area contributed by atoms with Crippen molar-refractivity contribution in [2.75, 3.05) is 13.1 Å². The number of amides is 1. The molecule has 0 spiro atoms. The van der Waals surface area contributed by atoms with E-state index in [4.69, 9.17) is 5.73 Å². The van der Waals surface area contributed by atoms with Crippen LogP contribution in [0.4, 0.5) is 13.2 Å². The highest BCUT2D eigenvalue weighted by atomic mass is 19.4. The summed E-state index contributed by atoms with van der Waals surface area (Å²) in [5, 5.41) is 9.70. The fourth-order valence-corrected chi connectivity index (χ4v) is 3.15. The van der Waals surface area contributed by atoms with Crippen molar-refractivity contribution in [1.82, 2.24) is 4.90 Å². The molecule has 3 atom stereocenters. The number of nitrogens with zero attached hydrogens (tertiary/aromatic N) is 1. The summed E-state index contributed by atoms with van der Waals surface area (Å²) in [6.07, 6.45) is -2.01. The van der Waals surface area contributed by atoms with E-state index in [-0.39, 0.29) is 43.7 Å². The van der Waals surface area contributed by atoms with E-state index in [0.29, 0.717) is 0 Å². The Labute approximate surface area is 116 Å². The number of piperidine rings is 1. The molecule has 4 nitrogen and oxygen atoms in total.